The van der Waals surface area contributed by atoms with Crippen LogP contribution < -0.4 is 11.1 Å². The van der Waals surface area contributed by atoms with E-state index in [0.717, 1.165) is 37.0 Å². The molecule has 2 unspecified atom stereocenters. The summed E-state index contributed by atoms with van der Waals surface area (Å²) in [6.07, 6.45) is 4.49. The summed E-state index contributed by atoms with van der Waals surface area (Å²) in [4.78, 5) is 30.2. The van der Waals surface area contributed by atoms with Crippen molar-refractivity contribution in [3.05, 3.63) is 30.2 Å². The normalized spacial score (nSPS) is 24.1. The second kappa shape index (κ2) is 6.25. The molecule has 0 aromatic carbocycles. The molecule has 7 heteroatoms. The topological polar surface area (TPSA) is 93.3 Å². The maximum Gasteiger partial charge on any atom is 0.317 e. The average Bonchev–Trinajstić information content (AvgIpc) is 2.96. The number of hydrogen-bond acceptors (Lipinski definition) is 3. The van der Waals surface area contributed by atoms with Gasteiger partial charge in [0.1, 0.15) is 5.69 Å². The maximum absolute atomic E-state index is 12.3. The first-order valence-electron chi connectivity index (χ1n) is 9.55. The fourth-order valence-electron chi connectivity index (χ4n) is 4.48. The van der Waals surface area contributed by atoms with Crippen LogP contribution in [0.5, 0.6) is 0 Å². The number of aromatic nitrogens is 2. The van der Waals surface area contributed by atoms with Crippen molar-refractivity contribution in [3.8, 4) is 0 Å². The highest BCUT2D eigenvalue weighted by Crippen LogP contribution is 2.53. The Bertz CT molecular complexity index is 885. The second-order valence-electron chi connectivity index (χ2n) is 8.85. The van der Waals surface area contributed by atoms with Gasteiger partial charge < -0.3 is 20.5 Å². The van der Waals surface area contributed by atoms with Crippen LogP contribution in [0.25, 0.3) is 10.9 Å². The number of nitrogens with zero attached hydrogens (tertiary/aromatic N) is 3. The van der Waals surface area contributed by atoms with E-state index in [9.17, 15) is 9.59 Å². The summed E-state index contributed by atoms with van der Waals surface area (Å²) in [6.45, 7) is 8.41. The molecular weight excluding hydrogens is 342 g/mol. The van der Waals surface area contributed by atoms with Gasteiger partial charge in [0.15, 0.2) is 0 Å². The smallest absolute Gasteiger partial charge is 0.317 e. The summed E-state index contributed by atoms with van der Waals surface area (Å²) in [5.41, 5.74) is 6.89. The fourth-order valence-corrected chi connectivity index (χ4v) is 4.48. The van der Waals surface area contributed by atoms with Gasteiger partial charge in [0.2, 0.25) is 0 Å². The quantitative estimate of drug-likeness (QED) is 0.865. The summed E-state index contributed by atoms with van der Waals surface area (Å²) in [7, 11) is 0. The van der Waals surface area contributed by atoms with Gasteiger partial charge in [-0.1, -0.05) is 0 Å². The Kier molecular flexibility index (Phi) is 4.13. The SMILES string of the molecule is CC(C)(C)NC(=O)N1CC2C(CCn3c(C(N)=O)cc4cnccc43)C2C1. The molecule has 27 heavy (non-hydrogen) atoms. The lowest BCUT2D eigenvalue weighted by atomic mass is 10.1. The molecule has 2 aliphatic rings. The van der Waals surface area contributed by atoms with E-state index in [1.165, 1.54) is 0 Å². The van der Waals surface area contributed by atoms with E-state index in [1.54, 1.807) is 12.4 Å². The summed E-state index contributed by atoms with van der Waals surface area (Å²) in [6, 6.07) is 3.78. The zero-order valence-corrected chi connectivity index (χ0v) is 16.1. The third-order valence-electron chi connectivity index (χ3n) is 5.78. The van der Waals surface area contributed by atoms with Crippen LogP contribution in [0.15, 0.2) is 24.5 Å². The van der Waals surface area contributed by atoms with Crippen LogP contribution in [0.2, 0.25) is 0 Å². The van der Waals surface area contributed by atoms with E-state index < -0.39 is 5.91 Å². The number of carbonyl (C=O) groups is 2. The van der Waals surface area contributed by atoms with Crippen molar-refractivity contribution >= 4 is 22.8 Å². The van der Waals surface area contributed by atoms with Crippen LogP contribution in [0.4, 0.5) is 4.79 Å². The van der Waals surface area contributed by atoms with Crippen LogP contribution in [0.3, 0.4) is 0 Å². The van der Waals surface area contributed by atoms with Crippen molar-refractivity contribution in [1.82, 2.24) is 19.8 Å². The lowest BCUT2D eigenvalue weighted by Crippen LogP contribution is -2.48. The summed E-state index contributed by atoms with van der Waals surface area (Å²) >= 11 is 0. The highest BCUT2D eigenvalue weighted by Gasteiger charge is 2.56. The first-order chi connectivity index (χ1) is 12.7. The molecule has 144 valence electrons. The number of rotatable bonds is 4. The number of hydrogen-bond donors (Lipinski definition) is 2. The van der Waals surface area contributed by atoms with Gasteiger partial charge in [0.25, 0.3) is 5.91 Å². The van der Waals surface area contributed by atoms with Gasteiger partial charge in [-0.05, 0) is 57.1 Å². The average molecular weight is 369 g/mol. The molecule has 1 saturated heterocycles. The number of primary amides is 1. The minimum atomic E-state index is -0.410. The van der Waals surface area contributed by atoms with Crippen LogP contribution in [-0.4, -0.2) is 45.0 Å². The van der Waals surface area contributed by atoms with Gasteiger partial charge in [-0.3, -0.25) is 9.78 Å². The highest BCUT2D eigenvalue weighted by molar-refractivity contribution is 5.97. The molecule has 0 bridgehead atoms. The predicted octanol–water partition coefficient (Wildman–Crippen LogP) is 2.21. The molecule has 2 atom stereocenters. The third-order valence-corrected chi connectivity index (χ3v) is 5.78. The molecular formula is C20H27N5O2. The number of nitrogens with one attached hydrogen (secondary N) is 1. The van der Waals surface area contributed by atoms with Crippen molar-refractivity contribution in [2.24, 2.45) is 23.5 Å². The van der Waals surface area contributed by atoms with Crippen molar-refractivity contribution in [1.29, 1.82) is 0 Å². The Morgan fingerprint density at radius 1 is 1.30 bits per heavy atom. The van der Waals surface area contributed by atoms with Crippen molar-refractivity contribution < 1.29 is 9.59 Å². The molecule has 7 nitrogen and oxygen atoms in total. The Morgan fingerprint density at radius 3 is 2.63 bits per heavy atom. The molecule has 3 heterocycles. The van der Waals surface area contributed by atoms with Crippen molar-refractivity contribution in [2.75, 3.05) is 13.1 Å². The third kappa shape index (κ3) is 3.38. The van der Waals surface area contributed by atoms with Gasteiger partial charge >= 0.3 is 6.03 Å². The molecule has 2 fully saturated rings. The lowest BCUT2D eigenvalue weighted by molar-refractivity contribution is 0.0991. The Labute approximate surface area is 158 Å². The molecule has 1 aliphatic heterocycles. The second-order valence-corrected chi connectivity index (χ2v) is 8.85. The molecule has 2 aromatic heterocycles. The van der Waals surface area contributed by atoms with Crippen LogP contribution in [0.1, 0.15) is 37.7 Å². The highest BCUT2D eigenvalue weighted by atomic mass is 16.2. The van der Waals surface area contributed by atoms with Crippen LogP contribution >= 0.6 is 0 Å². The Morgan fingerprint density at radius 2 is 2.00 bits per heavy atom. The largest absolute Gasteiger partial charge is 0.364 e. The van der Waals surface area contributed by atoms with E-state index in [1.807, 2.05) is 42.4 Å². The summed E-state index contributed by atoms with van der Waals surface area (Å²) in [5.74, 6) is 1.36. The lowest BCUT2D eigenvalue weighted by Gasteiger charge is -2.27. The van der Waals surface area contributed by atoms with Gasteiger partial charge in [-0.25, -0.2) is 4.79 Å². The molecule has 3 N–H and O–H groups in total. The molecule has 1 saturated carbocycles. The van der Waals surface area contributed by atoms with Gasteiger partial charge in [0.05, 0.1) is 5.52 Å². The first-order valence-corrected chi connectivity index (χ1v) is 9.55. The number of fused-ring (bicyclic) bond motifs is 2. The number of aryl methyl sites for hydroxylation is 1. The van der Waals surface area contributed by atoms with E-state index in [0.29, 0.717) is 23.4 Å². The number of piperidine rings is 1. The maximum atomic E-state index is 12.3. The van der Waals surface area contributed by atoms with Crippen LogP contribution in [0, 0.1) is 17.8 Å². The number of likely N-dealkylation sites (tertiary alicyclic amines) is 1. The molecule has 1 aliphatic carbocycles. The van der Waals surface area contributed by atoms with E-state index in [-0.39, 0.29) is 11.6 Å². The number of urea groups is 1. The van der Waals surface area contributed by atoms with Crippen molar-refractivity contribution in [3.63, 3.8) is 0 Å². The molecule has 2 aromatic rings. The zero-order valence-electron chi connectivity index (χ0n) is 16.1. The van der Waals surface area contributed by atoms with E-state index in [4.69, 9.17) is 5.73 Å². The number of pyridine rings is 1. The molecule has 0 radical (unpaired) electrons. The fraction of sp³-hybridized carbons (Fsp3) is 0.550. The number of amides is 3. The van der Waals surface area contributed by atoms with Crippen molar-refractivity contribution in [2.45, 2.75) is 39.3 Å². The number of nitrogens with two attached hydrogens (primary N) is 1. The van der Waals surface area contributed by atoms with E-state index in [2.05, 4.69) is 10.3 Å². The molecule has 0 spiro atoms. The Hall–Kier alpha value is -2.57. The molecule has 3 amide bonds. The summed E-state index contributed by atoms with van der Waals surface area (Å²) in [5, 5.41) is 3.97. The zero-order chi connectivity index (χ0) is 19.3. The standard InChI is InChI=1S/C20H27N5O2/c1-20(2,3)23-19(27)24-10-14-13(15(14)11-24)5-7-25-16-4-6-22-9-12(16)8-17(25)18(21)26/h4,6,8-9,13-15H,5,7,10-11H2,1-3H3,(H2,21,26)(H,23,27). The first kappa shape index (κ1) is 17.8. The monoisotopic (exact) mass is 369 g/mol. The predicted molar refractivity (Wildman–Crippen MR) is 103 cm³/mol. The van der Waals surface area contributed by atoms with Gasteiger partial charge in [-0.2, -0.15) is 0 Å². The van der Waals surface area contributed by atoms with Gasteiger partial charge in [0, 0.05) is 43.0 Å². The molecule has 4 rings (SSSR count). The summed E-state index contributed by atoms with van der Waals surface area (Å²) < 4.78 is 2.01. The minimum Gasteiger partial charge on any atom is -0.364 e. The van der Waals surface area contributed by atoms with E-state index >= 15 is 0 Å². The number of carbonyl (C=O) groups excluding carboxylic acids is 2. The Balaban J connectivity index is 1.38. The minimum absolute atomic E-state index is 0.0355. The van der Waals surface area contributed by atoms with Crippen LogP contribution in [-0.2, 0) is 6.54 Å². The van der Waals surface area contributed by atoms with Gasteiger partial charge in [-0.15, -0.1) is 0 Å².